The van der Waals surface area contributed by atoms with Gasteiger partial charge in [-0.05, 0) is 25.1 Å². The molecule has 1 aromatic carbocycles. The Morgan fingerprint density at radius 2 is 1.85 bits per heavy atom. The Balaban J connectivity index is 2.01. The van der Waals surface area contributed by atoms with Crippen LogP contribution in [0.15, 0.2) is 30.5 Å². The van der Waals surface area contributed by atoms with Crippen LogP contribution in [0.3, 0.4) is 0 Å². The van der Waals surface area contributed by atoms with Crippen LogP contribution in [-0.4, -0.2) is 43.1 Å². The number of hydrogen-bond donors (Lipinski definition) is 1. The van der Waals surface area contributed by atoms with E-state index in [1.165, 1.54) is 38.0 Å². The number of ether oxygens (including phenoxy) is 3. The number of nitrogens with one attached hydrogen (secondary N) is 1. The van der Waals surface area contributed by atoms with Crippen molar-refractivity contribution < 1.29 is 28.6 Å². The number of esters is 1. The molecule has 2 rings (SSSR count). The summed E-state index contributed by atoms with van der Waals surface area (Å²) in [4.78, 5) is 35.5. The second kappa shape index (κ2) is 8.19. The van der Waals surface area contributed by atoms with Gasteiger partial charge < -0.3 is 24.1 Å². The molecule has 0 saturated heterocycles. The SMILES string of the molecule is COc1ccc(OC)c(NC(=O)COC(=O)c2cc(C(C)=O)cn2C)c1. The number of aryl methyl sites for hydroxylation is 1. The van der Waals surface area contributed by atoms with Gasteiger partial charge in [0.25, 0.3) is 5.91 Å². The number of hydrogen-bond acceptors (Lipinski definition) is 6. The van der Waals surface area contributed by atoms with Crippen molar-refractivity contribution in [2.24, 2.45) is 7.05 Å². The summed E-state index contributed by atoms with van der Waals surface area (Å²) in [6.07, 6.45) is 1.53. The van der Waals surface area contributed by atoms with Crippen LogP contribution in [-0.2, 0) is 16.6 Å². The lowest BCUT2D eigenvalue weighted by Gasteiger charge is -2.12. The highest BCUT2D eigenvalue weighted by atomic mass is 16.5. The summed E-state index contributed by atoms with van der Waals surface area (Å²) in [7, 11) is 4.59. The van der Waals surface area contributed by atoms with Gasteiger partial charge >= 0.3 is 5.97 Å². The van der Waals surface area contributed by atoms with Gasteiger partial charge in [-0.2, -0.15) is 0 Å². The third kappa shape index (κ3) is 4.41. The first kappa shape index (κ1) is 19.0. The van der Waals surface area contributed by atoms with Gasteiger partial charge in [-0.15, -0.1) is 0 Å². The monoisotopic (exact) mass is 360 g/mol. The molecule has 2 aromatic rings. The van der Waals surface area contributed by atoms with E-state index in [1.54, 1.807) is 25.2 Å². The Hall–Kier alpha value is -3.29. The molecule has 26 heavy (non-hydrogen) atoms. The smallest absolute Gasteiger partial charge is 0.355 e. The average Bonchev–Trinajstić information content (AvgIpc) is 3.01. The zero-order valence-corrected chi connectivity index (χ0v) is 15.0. The zero-order chi connectivity index (χ0) is 19.3. The van der Waals surface area contributed by atoms with Crippen LogP contribution in [0, 0.1) is 0 Å². The summed E-state index contributed by atoms with van der Waals surface area (Å²) in [5.74, 6) is -0.418. The molecule has 1 aromatic heterocycles. The Bertz CT molecular complexity index is 840. The van der Waals surface area contributed by atoms with Crippen molar-refractivity contribution in [3.63, 3.8) is 0 Å². The number of methoxy groups -OCH3 is 2. The third-order valence-electron chi connectivity index (χ3n) is 3.64. The highest BCUT2D eigenvalue weighted by Crippen LogP contribution is 2.28. The molecule has 0 radical (unpaired) electrons. The lowest BCUT2D eigenvalue weighted by molar-refractivity contribution is -0.119. The van der Waals surface area contributed by atoms with Gasteiger partial charge in [0.15, 0.2) is 12.4 Å². The highest BCUT2D eigenvalue weighted by molar-refractivity contribution is 5.99. The lowest BCUT2D eigenvalue weighted by Crippen LogP contribution is -2.22. The predicted octanol–water partition coefficient (Wildman–Crippen LogP) is 2.04. The van der Waals surface area contributed by atoms with Gasteiger partial charge in [0.2, 0.25) is 0 Å². The summed E-state index contributed by atoms with van der Waals surface area (Å²) in [6, 6.07) is 6.35. The number of nitrogens with zero attached hydrogens (tertiary/aromatic N) is 1. The Morgan fingerprint density at radius 3 is 2.42 bits per heavy atom. The number of carbonyl (C=O) groups excluding carboxylic acids is 3. The molecule has 0 aliphatic heterocycles. The Labute approximate surface area is 150 Å². The molecular weight excluding hydrogens is 340 g/mol. The molecule has 1 N–H and O–H groups in total. The van der Waals surface area contributed by atoms with E-state index in [9.17, 15) is 14.4 Å². The molecule has 0 fully saturated rings. The van der Waals surface area contributed by atoms with Crippen molar-refractivity contribution in [2.75, 3.05) is 26.1 Å². The molecule has 0 bridgehead atoms. The van der Waals surface area contributed by atoms with E-state index in [1.807, 2.05) is 0 Å². The Morgan fingerprint density at radius 1 is 1.12 bits per heavy atom. The lowest BCUT2D eigenvalue weighted by atomic mass is 10.2. The van der Waals surface area contributed by atoms with E-state index >= 15 is 0 Å². The van der Waals surface area contributed by atoms with E-state index in [0.717, 1.165) is 0 Å². The molecule has 0 unspecified atom stereocenters. The minimum Gasteiger partial charge on any atom is -0.497 e. The number of aromatic nitrogens is 1. The summed E-state index contributed by atoms with van der Waals surface area (Å²) in [6.45, 7) is 0.916. The van der Waals surface area contributed by atoms with Crippen LogP contribution >= 0.6 is 0 Å². The maximum absolute atomic E-state index is 12.1. The van der Waals surface area contributed by atoms with Crippen molar-refractivity contribution in [2.45, 2.75) is 6.92 Å². The van der Waals surface area contributed by atoms with Crippen molar-refractivity contribution >= 4 is 23.3 Å². The van der Waals surface area contributed by atoms with Crippen molar-refractivity contribution in [1.82, 2.24) is 4.57 Å². The standard InChI is InChI=1S/C18H20N2O6/c1-11(21)12-7-15(20(2)9-12)18(23)26-10-17(22)19-14-8-13(24-3)5-6-16(14)25-4/h5-9H,10H2,1-4H3,(H,19,22). The van der Waals surface area contributed by atoms with Crippen LogP contribution in [0.25, 0.3) is 0 Å². The van der Waals surface area contributed by atoms with Gasteiger partial charge in [-0.1, -0.05) is 0 Å². The van der Waals surface area contributed by atoms with Crippen LogP contribution in [0.4, 0.5) is 5.69 Å². The first-order chi connectivity index (χ1) is 12.3. The Kier molecular flexibility index (Phi) is 6.00. The zero-order valence-electron chi connectivity index (χ0n) is 15.0. The van der Waals surface area contributed by atoms with Gasteiger partial charge in [0, 0.05) is 24.9 Å². The van der Waals surface area contributed by atoms with Crippen LogP contribution < -0.4 is 14.8 Å². The van der Waals surface area contributed by atoms with Crippen LogP contribution in [0.2, 0.25) is 0 Å². The fraction of sp³-hybridized carbons (Fsp3) is 0.278. The second-order valence-corrected chi connectivity index (χ2v) is 5.47. The maximum atomic E-state index is 12.1. The van der Waals surface area contributed by atoms with E-state index < -0.39 is 18.5 Å². The van der Waals surface area contributed by atoms with Crippen molar-refractivity contribution in [3.8, 4) is 11.5 Å². The molecule has 0 saturated carbocycles. The number of amides is 1. The van der Waals surface area contributed by atoms with E-state index in [-0.39, 0.29) is 11.5 Å². The van der Waals surface area contributed by atoms with Gasteiger partial charge in [0.05, 0.1) is 19.9 Å². The fourth-order valence-electron chi connectivity index (χ4n) is 2.26. The van der Waals surface area contributed by atoms with Gasteiger partial charge in [0.1, 0.15) is 17.2 Å². The van der Waals surface area contributed by atoms with Crippen molar-refractivity contribution in [1.29, 1.82) is 0 Å². The number of anilines is 1. The van der Waals surface area contributed by atoms with Crippen LogP contribution in [0.1, 0.15) is 27.8 Å². The highest BCUT2D eigenvalue weighted by Gasteiger charge is 2.17. The molecular formula is C18H20N2O6. The first-order valence-corrected chi connectivity index (χ1v) is 7.72. The number of Topliss-reactive ketones (excluding diaryl/α,β-unsaturated/α-hetero) is 1. The van der Waals surface area contributed by atoms with Crippen LogP contribution in [0.5, 0.6) is 11.5 Å². The molecule has 138 valence electrons. The number of rotatable bonds is 7. The fourth-order valence-corrected chi connectivity index (χ4v) is 2.26. The molecule has 8 nitrogen and oxygen atoms in total. The summed E-state index contributed by atoms with van der Waals surface area (Å²) in [5, 5.41) is 2.60. The summed E-state index contributed by atoms with van der Waals surface area (Å²) in [5.41, 5.74) is 0.970. The first-order valence-electron chi connectivity index (χ1n) is 7.72. The topological polar surface area (TPSA) is 95.9 Å². The van der Waals surface area contributed by atoms with Gasteiger partial charge in [-0.3, -0.25) is 9.59 Å². The average molecular weight is 360 g/mol. The minimum absolute atomic E-state index is 0.164. The molecule has 0 aliphatic carbocycles. The number of carbonyl (C=O) groups is 3. The normalized spacial score (nSPS) is 10.2. The molecule has 1 heterocycles. The summed E-state index contributed by atoms with van der Waals surface area (Å²) >= 11 is 0. The molecule has 1 amide bonds. The maximum Gasteiger partial charge on any atom is 0.355 e. The van der Waals surface area contributed by atoms with E-state index in [2.05, 4.69) is 5.32 Å². The quantitative estimate of drug-likeness (QED) is 0.600. The third-order valence-corrected chi connectivity index (χ3v) is 3.64. The predicted molar refractivity (Wildman–Crippen MR) is 93.9 cm³/mol. The molecule has 0 atom stereocenters. The number of benzene rings is 1. The van der Waals surface area contributed by atoms with Crippen molar-refractivity contribution in [3.05, 3.63) is 41.7 Å². The molecule has 0 spiro atoms. The van der Waals surface area contributed by atoms with E-state index in [4.69, 9.17) is 14.2 Å². The minimum atomic E-state index is -0.701. The second-order valence-electron chi connectivity index (χ2n) is 5.47. The largest absolute Gasteiger partial charge is 0.497 e. The van der Waals surface area contributed by atoms with Gasteiger partial charge in [-0.25, -0.2) is 4.79 Å². The molecule has 8 heteroatoms. The number of ketones is 1. The molecule has 0 aliphatic rings. The summed E-state index contributed by atoms with van der Waals surface area (Å²) < 4.78 is 16.8. The van der Waals surface area contributed by atoms with E-state index in [0.29, 0.717) is 22.7 Å².